The maximum absolute atomic E-state index is 12.1. The standard InChI is InChI=1S/C13H16N2O4/c1-9-13(18)15(8-12(17)14-6-7-16)10-4-2-3-5-11(10)19-9/h2-5,9,16H,6-8H2,1H3,(H,14,17)/t9-/m1/s1. The van der Waals surface area contributed by atoms with E-state index >= 15 is 0 Å². The van der Waals surface area contributed by atoms with E-state index in [9.17, 15) is 9.59 Å². The van der Waals surface area contributed by atoms with E-state index in [1.54, 1.807) is 25.1 Å². The molecule has 0 radical (unpaired) electrons. The second-order valence-corrected chi connectivity index (χ2v) is 4.23. The first-order valence-corrected chi connectivity index (χ1v) is 6.08. The molecule has 0 unspecified atom stereocenters. The number of carbonyl (C=O) groups excluding carboxylic acids is 2. The molecule has 1 heterocycles. The molecule has 0 saturated carbocycles. The van der Waals surface area contributed by atoms with Gasteiger partial charge in [-0.15, -0.1) is 0 Å². The van der Waals surface area contributed by atoms with Gasteiger partial charge in [0, 0.05) is 6.54 Å². The molecule has 6 nitrogen and oxygen atoms in total. The summed E-state index contributed by atoms with van der Waals surface area (Å²) in [6.07, 6.45) is -0.611. The van der Waals surface area contributed by atoms with Crippen molar-refractivity contribution in [2.24, 2.45) is 0 Å². The van der Waals surface area contributed by atoms with Gasteiger partial charge in [0.15, 0.2) is 6.10 Å². The number of hydrogen-bond acceptors (Lipinski definition) is 4. The van der Waals surface area contributed by atoms with E-state index in [4.69, 9.17) is 9.84 Å². The summed E-state index contributed by atoms with van der Waals surface area (Å²) < 4.78 is 5.47. The lowest BCUT2D eigenvalue weighted by molar-refractivity contribution is -0.128. The topological polar surface area (TPSA) is 78.9 Å². The van der Waals surface area contributed by atoms with Crippen LogP contribution in [0.5, 0.6) is 5.75 Å². The Morgan fingerprint density at radius 1 is 1.47 bits per heavy atom. The van der Waals surface area contributed by atoms with E-state index in [1.807, 2.05) is 6.07 Å². The largest absolute Gasteiger partial charge is 0.479 e. The number of para-hydroxylation sites is 2. The number of nitrogens with one attached hydrogen (secondary N) is 1. The normalized spacial score (nSPS) is 17.7. The van der Waals surface area contributed by atoms with Crippen LogP contribution < -0.4 is 15.0 Å². The smallest absolute Gasteiger partial charge is 0.268 e. The lowest BCUT2D eigenvalue weighted by Gasteiger charge is -2.32. The average Bonchev–Trinajstić information content (AvgIpc) is 2.41. The predicted octanol–water partition coefficient (Wildman–Crippen LogP) is -0.0910. The highest BCUT2D eigenvalue weighted by atomic mass is 16.5. The van der Waals surface area contributed by atoms with Gasteiger partial charge in [-0.25, -0.2) is 0 Å². The minimum Gasteiger partial charge on any atom is -0.479 e. The second kappa shape index (κ2) is 5.71. The third-order valence-electron chi connectivity index (χ3n) is 2.81. The lowest BCUT2D eigenvalue weighted by atomic mass is 10.2. The summed E-state index contributed by atoms with van der Waals surface area (Å²) in [6.45, 7) is 1.62. The van der Waals surface area contributed by atoms with Gasteiger partial charge in [0.05, 0.1) is 12.3 Å². The molecule has 0 aliphatic carbocycles. The van der Waals surface area contributed by atoms with E-state index in [1.165, 1.54) is 4.90 Å². The van der Waals surface area contributed by atoms with Crippen molar-refractivity contribution in [3.05, 3.63) is 24.3 Å². The molecule has 0 aromatic heterocycles. The predicted molar refractivity (Wildman–Crippen MR) is 69.0 cm³/mol. The molecule has 2 N–H and O–H groups in total. The van der Waals surface area contributed by atoms with Crippen LogP contribution in [0.4, 0.5) is 5.69 Å². The van der Waals surface area contributed by atoms with Crippen molar-refractivity contribution >= 4 is 17.5 Å². The van der Waals surface area contributed by atoms with Gasteiger partial charge in [-0.1, -0.05) is 12.1 Å². The molecule has 6 heteroatoms. The molecule has 1 aromatic carbocycles. The molecule has 1 atom stereocenters. The van der Waals surface area contributed by atoms with E-state index in [0.29, 0.717) is 11.4 Å². The summed E-state index contributed by atoms with van der Waals surface area (Å²) in [6, 6.07) is 7.09. The van der Waals surface area contributed by atoms with Crippen LogP contribution in [0.2, 0.25) is 0 Å². The van der Waals surface area contributed by atoms with Crippen molar-refractivity contribution in [2.45, 2.75) is 13.0 Å². The maximum Gasteiger partial charge on any atom is 0.268 e. The summed E-state index contributed by atoms with van der Waals surface area (Å²) in [5, 5.41) is 11.2. The van der Waals surface area contributed by atoms with Crippen LogP contribution >= 0.6 is 0 Å². The van der Waals surface area contributed by atoms with Crippen LogP contribution in [-0.4, -0.2) is 42.7 Å². The number of fused-ring (bicyclic) bond motifs is 1. The Bertz CT molecular complexity index is 489. The highest BCUT2D eigenvalue weighted by Crippen LogP contribution is 2.33. The Labute approximate surface area is 111 Å². The van der Waals surface area contributed by atoms with Gasteiger partial charge >= 0.3 is 0 Å². The summed E-state index contributed by atoms with van der Waals surface area (Å²) in [5.74, 6) is 0.0220. The third-order valence-corrected chi connectivity index (χ3v) is 2.81. The number of nitrogens with zero attached hydrogens (tertiary/aromatic N) is 1. The number of carbonyl (C=O) groups is 2. The highest BCUT2D eigenvalue weighted by Gasteiger charge is 2.32. The minimum atomic E-state index is -0.611. The van der Waals surface area contributed by atoms with Crippen LogP contribution in [0.3, 0.4) is 0 Å². The first-order chi connectivity index (χ1) is 9.13. The van der Waals surface area contributed by atoms with Crippen LogP contribution in [0.1, 0.15) is 6.92 Å². The summed E-state index contributed by atoms with van der Waals surface area (Å²) in [7, 11) is 0. The number of rotatable bonds is 4. The van der Waals surface area contributed by atoms with E-state index < -0.39 is 6.10 Å². The molecule has 1 aromatic rings. The summed E-state index contributed by atoms with van der Waals surface area (Å²) >= 11 is 0. The molecule has 2 rings (SSSR count). The van der Waals surface area contributed by atoms with Crippen molar-refractivity contribution in [1.29, 1.82) is 0 Å². The zero-order valence-corrected chi connectivity index (χ0v) is 10.6. The van der Waals surface area contributed by atoms with Crippen molar-refractivity contribution in [3.63, 3.8) is 0 Å². The maximum atomic E-state index is 12.1. The first-order valence-electron chi connectivity index (χ1n) is 6.08. The van der Waals surface area contributed by atoms with Gasteiger partial charge in [-0.05, 0) is 19.1 Å². The number of hydrogen-bond donors (Lipinski definition) is 2. The van der Waals surface area contributed by atoms with Crippen molar-refractivity contribution in [3.8, 4) is 5.75 Å². The Morgan fingerprint density at radius 2 is 2.21 bits per heavy atom. The summed E-state index contributed by atoms with van der Waals surface area (Å²) in [4.78, 5) is 25.1. The lowest BCUT2D eigenvalue weighted by Crippen LogP contribution is -2.49. The average molecular weight is 264 g/mol. The van der Waals surface area contributed by atoms with Gasteiger partial charge in [-0.2, -0.15) is 0 Å². The zero-order chi connectivity index (χ0) is 13.8. The van der Waals surface area contributed by atoms with Crippen LogP contribution in [0.25, 0.3) is 0 Å². The van der Waals surface area contributed by atoms with Gasteiger partial charge in [-0.3, -0.25) is 14.5 Å². The van der Waals surface area contributed by atoms with Gasteiger partial charge in [0.1, 0.15) is 12.3 Å². The molecule has 0 fully saturated rings. The molecule has 19 heavy (non-hydrogen) atoms. The van der Waals surface area contributed by atoms with E-state index in [0.717, 1.165) is 0 Å². The monoisotopic (exact) mass is 264 g/mol. The number of ether oxygens (including phenoxy) is 1. The Morgan fingerprint density at radius 3 is 2.95 bits per heavy atom. The molecule has 2 amide bonds. The molecule has 0 bridgehead atoms. The Kier molecular flexibility index (Phi) is 4.01. The SMILES string of the molecule is C[C@H]1Oc2ccccc2N(CC(=O)NCCO)C1=O. The van der Waals surface area contributed by atoms with Gasteiger partial charge < -0.3 is 15.2 Å². The number of aliphatic hydroxyl groups is 1. The molecular weight excluding hydrogens is 248 g/mol. The third kappa shape index (κ3) is 2.85. The van der Waals surface area contributed by atoms with Gasteiger partial charge in [0.2, 0.25) is 5.91 Å². The van der Waals surface area contributed by atoms with Crippen LogP contribution in [-0.2, 0) is 9.59 Å². The highest BCUT2D eigenvalue weighted by molar-refractivity contribution is 6.03. The zero-order valence-electron chi connectivity index (χ0n) is 10.6. The number of aliphatic hydroxyl groups excluding tert-OH is 1. The van der Waals surface area contributed by atoms with Crippen LogP contribution in [0, 0.1) is 0 Å². The molecule has 102 valence electrons. The number of benzene rings is 1. The first kappa shape index (κ1) is 13.4. The Hall–Kier alpha value is -2.08. The quantitative estimate of drug-likeness (QED) is 0.796. The van der Waals surface area contributed by atoms with Crippen molar-refractivity contribution in [1.82, 2.24) is 5.32 Å². The fraction of sp³-hybridized carbons (Fsp3) is 0.385. The molecular formula is C13H16N2O4. The minimum absolute atomic E-state index is 0.0798. The molecule has 1 aliphatic rings. The van der Waals surface area contributed by atoms with Gasteiger partial charge in [0.25, 0.3) is 5.91 Å². The fourth-order valence-electron chi connectivity index (χ4n) is 1.92. The molecule has 0 spiro atoms. The molecule has 0 saturated heterocycles. The fourth-order valence-corrected chi connectivity index (χ4v) is 1.92. The Balaban J connectivity index is 2.18. The number of anilines is 1. The van der Waals surface area contributed by atoms with E-state index in [2.05, 4.69) is 5.32 Å². The van der Waals surface area contributed by atoms with Crippen LogP contribution in [0.15, 0.2) is 24.3 Å². The number of amides is 2. The van der Waals surface area contributed by atoms with Crippen molar-refractivity contribution < 1.29 is 19.4 Å². The van der Waals surface area contributed by atoms with Crippen molar-refractivity contribution in [2.75, 3.05) is 24.6 Å². The molecule has 1 aliphatic heterocycles. The second-order valence-electron chi connectivity index (χ2n) is 4.23. The van der Waals surface area contributed by atoms with E-state index in [-0.39, 0.29) is 31.5 Å². The summed E-state index contributed by atoms with van der Waals surface area (Å²) in [5.41, 5.74) is 0.588.